The second-order valence-corrected chi connectivity index (χ2v) is 5.99. The summed E-state index contributed by atoms with van der Waals surface area (Å²) in [6.07, 6.45) is 6.46. The summed E-state index contributed by atoms with van der Waals surface area (Å²) in [7, 11) is 0. The molecule has 2 rings (SSSR count). The Kier molecular flexibility index (Phi) is 4.61. The van der Waals surface area contributed by atoms with E-state index in [-0.39, 0.29) is 5.91 Å². The average Bonchev–Trinajstić information content (AvgIpc) is 2.69. The van der Waals surface area contributed by atoms with E-state index in [0.29, 0.717) is 5.56 Å². The van der Waals surface area contributed by atoms with Gasteiger partial charge in [-0.15, -0.1) is 0 Å². The van der Waals surface area contributed by atoms with Crippen LogP contribution in [0.3, 0.4) is 0 Å². The second kappa shape index (κ2) is 6.22. The van der Waals surface area contributed by atoms with Crippen molar-refractivity contribution < 1.29 is 4.79 Å². The van der Waals surface area contributed by atoms with Gasteiger partial charge in [-0.1, -0.05) is 26.2 Å². The molecule has 1 fully saturated rings. The van der Waals surface area contributed by atoms with Gasteiger partial charge in [-0.25, -0.2) is 0 Å². The monoisotopic (exact) mass is 263 g/mol. The molecule has 106 valence electrons. The summed E-state index contributed by atoms with van der Waals surface area (Å²) in [6.45, 7) is 6.86. The molecular formula is C15H25N3O. The van der Waals surface area contributed by atoms with Gasteiger partial charge in [-0.3, -0.25) is 9.89 Å². The highest BCUT2D eigenvalue weighted by atomic mass is 16.1. The Bertz CT molecular complexity index is 419. The molecule has 0 spiro atoms. The molecule has 4 heteroatoms. The molecule has 1 amide bonds. The Hall–Kier alpha value is -1.32. The summed E-state index contributed by atoms with van der Waals surface area (Å²) in [5.41, 5.74) is 2.33. The minimum absolute atomic E-state index is 0.00704. The van der Waals surface area contributed by atoms with Gasteiger partial charge >= 0.3 is 0 Å². The number of aromatic amines is 1. The normalized spacial score (nSPS) is 23.3. The summed E-state index contributed by atoms with van der Waals surface area (Å²) in [5.74, 6) is 1.65. The topological polar surface area (TPSA) is 57.8 Å². The first-order chi connectivity index (χ1) is 9.08. The fraction of sp³-hybridized carbons (Fsp3) is 0.733. The predicted molar refractivity (Wildman–Crippen MR) is 76.1 cm³/mol. The maximum Gasteiger partial charge on any atom is 0.255 e. The first kappa shape index (κ1) is 14.1. The summed E-state index contributed by atoms with van der Waals surface area (Å²) in [5, 5.41) is 9.94. The lowest BCUT2D eigenvalue weighted by atomic mass is 9.81. The van der Waals surface area contributed by atoms with Crippen LogP contribution in [0.5, 0.6) is 0 Å². The molecule has 19 heavy (non-hydrogen) atoms. The number of hydrogen-bond acceptors (Lipinski definition) is 2. The Labute approximate surface area is 115 Å². The van der Waals surface area contributed by atoms with E-state index in [4.69, 9.17) is 0 Å². The molecular weight excluding hydrogens is 238 g/mol. The van der Waals surface area contributed by atoms with Crippen molar-refractivity contribution in [1.29, 1.82) is 0 Å². The molecule has 0 aromatic carbocycles. The molecule has 2 atom stereocenters. The van der Waals surface area contributed by atoms with E-state index < -0.39 is 0 Å². The quantitative estimate of drug-likeness (QED) is 0.877. The number of aromatic nitrogens is 2. The smallest absolute Gasteiger partial charge is 0.255 e. The van der Waals surface area contributed by atoms with Crippen molar-refractivity contribution >= 4 is 5.91 Å². The summed E-state index contributed by atoms with van der Waals surface area (Å²) in [4.78, 5) is 12.1. The van der Waals surface area contributed by atoms with E-state index in [0.717, 1.165) is 36.2 Å². The van der Waals surface area contributed by atoms with Crippen LogP contribution in [-0.2, 0) is 0 Å². The molecule has 1 saturated carbocycles. The molecule has 1 aliphatic rings. The number of nitrogens with zero attached hydrogens (tertiary/aromatic N) is 1. The van der Waals surface area contributed by atoms with Crippen molar-refractivity contribution in [2.24, 2.45) is 11.8 Å². The molecule has 0 saturated heterocycles. The Balaban J connectivity index is 1.78. The molecule has 1 aromatic heterocycles. The van der Waals surface area contributed by atoms with Crippen LogP contribution in [0.15, 0.2) is 0 Å². The van der Waals surface area contributed by atoms with Gasteiger partial charge < -0.3 is 5.32 Å². The van der Waals surface area contributed by atoms with Crippen LogP contribution in [0.1, 0.15) is 60.8 Å². The van der Waals surface area contributed by atoms with E-state index in [1.165, 1.54) is 25.7 Å². The first-order valence-electron chi connectivity index (χ1n) is 7.37. The largest absolute Gasteiger partial charge is 0.352 e. The maximum absolute atomic E-state index is 12.1. The lowest BCUT2D eigenvalue weighted by molar-refractivity contribution is 0.0948. The lowest BCUT2D eigenvalue weighted by Crippen LogP contribution is -2.27. The van der Waals surface area contributed by atoms with Gasteiger partial charge in [-0.05, 0) is 38.5 Å². The zero-order valence-electron chi connectivity index (χ0n) is 12.3. The highest BCUT2D eigenvalue weighted by molar-refractivity contribution is 5.96. The second-order valence-electron chi connectivity index (χ2n) is 5.99. The van der Waals surface area contributed by atoms with Crippen molar-refractivity contribution in [3.63, 3.8) is 0 Å². The van der Waals surface area contributed by atoms with Gasteiger partial charge in [0.05, 0.1) is 11.3 Å². The predicted octanol–water partition coefficient (Wildman–Crippen LogP) is 2.97. The SMILES string of the molecule is Cc1n[nH]c(C)c1C(=O)NCCC1CCCC(C)C1. The standard InChI is InChI=1S/C15H25N3O/c1-10-5-4-6-13(9-10)7-8-16-15(19)14-11(2)17-18-12(14)3/h10,13H,4-9H2,1-3H3,(H,16,19)(H,17,18). The minimum atomic E-state index is 0.00704. The molecule has 2 N–H and O–H groups in total. The van der Waals surface area contributed by atoms with Crippen LogP contribution >= 0.6 is 0 Å². The number of hydrogen-bond donors (Lipinski definition) is 2. The molecule has 1 heterocycles. The van der Waals surface area contributed by atoms with Crippen LogP contribution in [-0.4, -0.2) is 22.6 Å². The zero-order chi connectivity index (χ0) is 13.8. The third-order valence-corrected chi connectivity index (χ3v) is 4.24. The Morgan fingerprint density at radius 2 is 2.21 bits per heavy atom. The van der Waals surface area contributed by atoms with E-state index in [1.807, 2.05) is 13.8 Å². The Morgan fingerprint density at radius 1 is 1.42 bits per heavy atom. The van der Waals surface area contributed by atoms with Crippen molar-refractivity contribution in [2.75, 3.05) is 6.54 Å². The zero-order valence-corrected chi connectivity index (χ0v) is 12.3. The average molecular weight is 263 g/mol. The highest BCUT2D eigenvalue weighted by Crippen LogP contribution is 2.30. The van der Waals surface area contributed by atoms with Gasteiger partial charge in [0.15, 0.2) is 0 Å². The van der Waals surface area contributed by atoms with Crippen LogP contribution in [0.4, 0.5) is 0 Å². The van der Waals surface area contributed by atoms with Crippen LogP contribution in [0.2, 0.25) is 0 Å². The van der Waals surface area contributed by atoms with Gasteiger partial charge in [0.2, 0.25) is 0 Å². The van der Waals surface area contributed by atoms with Gasteiger partial charge in [0, 0.05) is 12.2 Å². The fourth-order valence-corrected chi connectivity index (χ4v) is 3.19. The van der Waals surface area contributed by atoms with Crippen molar-refractivity contribution in [2.45, 2.75) is 52.9 Å². The van der Waals surface area contributed by atoms with Gasteiger partial charge in [0.25, 0.3) is 5.91 Å². The number of carbonyl (C=O) groups excluding carboxylic acids is 1. The summed E-state index contributed by atoms with van der Waals surface area (Å²) < 4.78 is 0. The first-order valence-corrected chi connectivity index (χ1v) is 7.37. The lowest BCUT2D eigenvalue weighted by Gasteiger charge is -2.26. The minimum Gasteiger partial charge on any atom is -0.352 e. The molecule has 2 unspecified atom stereocenters. The van der Waals surface area contributed by atoms with Gasteiger partial charge in [-0.2, -0.15) is 5.10 Å². The van der Waals surface area contributed by atoms with Crippen molar-refractivity contribution in [3.05, 3.63) is 17.0 Å². The Morgan fingerprint density at radius 3 is 2.84 bits per heavy atom. The van der Waals surface area contributed by atoms with Crippen molar-refractivity contribution in [1.82, 2.24) is 15.5 Å². The van der Waals surface area contributed by atoms with Gasteiger partial charge in [0.1, 0.15) is 0 Å². The third kappa shape index (κ3) is 3.58. The van der Waals surface area contributed by atoms with E-state index in [1.54, 1.807) is 0 Å². The summed E-state index contributed by atoms with van der Waals surface area (Å²) in [6, 6.07) is 0. The van der Waals surface area contributed by atoms with E-state index >= 15 is 0 Å². The third-order valence-electron chi connectivity index (χ3n) is 4.24. The van der Waals surface area contributed by atoms with Crippen LogP contribution in [0.25, 0.3) is 0 Å². The number of amides is 1. The fourth-order valence-electron chi connectivity index (χ4n) is 3.19. The molecule has 1 aromatic rings. The number of rotatable bonds is 4. The number of nitrogens with one attached hydrogen (secondary N) is 2. The van der Waals surface area contributed by atoms with Crippen molar-refractivity contribution in [3.8, 4) is 0 Å². The van der Waals surface area contributed by atoms with E-state index in [9.17, 15) is 4.79 Å². The van der Waals surface area contributed by atoms with E-state index in [2.05, 4.69) is 22.4 Å². The van der Waals surface area contributed by atoms with Crippen LogP contribution < -0.4 is 5.32 Å². The maximum atomic E-state index is 12.1. The number of carbonyl (C=O) groups is 1. The highest BCUT2D eigenvalue weighted by Gasteiger charge is 2.19. The molecule has 1 aliphatic carbocycles. The molecule has 0 aliphatic heterocycles. The van der Waals surface area contributed by atoms with Crippen LogP contribution in [0, 0.1) is 25.7 Å². The summed E-state index contributed by atoms with van der Waals surface area (Å²) >= 11 is 0. The number of H-pyrrole nitrogens is 1. The number of aryl methyl sites for hydroxylation is 2. The molecule has 0 bridgehead atoms. The molecule has 4 nitrogen and oxygen atoms in total. The molecule has 0 radical (unpaired) electrons.